The lowest BCUT2D eigenvalue weighted by molar-refractivity contribution is 0.413. The number of nitrogens with two attached hydrogens (primary N) is 1. The van der Waals surface area contributed by atoms with Crippen molar-refractivity contribution in [3.63, 3.8) is 0 Å². The lowest BCUT2D eigenvalue weighted by Gasteiger charge is -2.31. The number of benzene rings is 2. The Balaban J connectivity index is 2.43. The van der Waals surface area contributed by atoms with Gasteiger partial charge in [0.15, 0.2) is 0 Å². The minimum absolute atomic E-state index is 0.0966. The first-order valence-corrected chi connectivity index (χ1v) is 6.97. The summed E-state index contributed by atoms with van der Waals surface area (Å²) in [6, 6.07) is 12.2. The van der Waals surface area contributed by atoms with Gasteiger partial charge in [-0.15, -0.1) is 0 Å². The second kappa shape index (κ2) is 6.78. The maximum absolute atomic E-state index is 14.3. The van der Waals surface area contributed by atoms with Crippen LogP contribution in [0.1, 0.15) is 11.6 Å². The predicted octanol–water partition coefficient (Wildman–Crippen LogP) is 3.62. The Labute approximate surface area is 129 Å². The van der Waals surface area contributed by atoms with Gasteiger partial charge in [-0.1, -0.05) is 35.9 Å². The van der Waals surface area contributed by atoms with Gasteiger partial charge in [-0.2, -0.15) is 0 Å². The first-order valence-electron chi connectivity index (χ1n) is 6.60. The highest BCUT2D eigenvalue weighted by molar-refractivity contribution is 6.30. The van der Waals surface area contributed by atoms with Gasteiger partial charge >= 0.3 is 0 Å². The number of para-hydroxylation sites is 2. The average molecular weight is 309 g/mol. The molecule has 0 heterocycles. The number of nitrogens with zero attached hydrogens (tertiary/aromatic N) is 1. The first kappa shape index (κ1) is 15.6. The van der Waals surface area contributed by atoms with Gasteiger partial charge in [0.25, 0.3) is 0 Å². The summed E-state index contributed by atoms with van der Waals surface area (Å²) in [6.45, 7) is 0.256. The molecular weight excluding hydrogens is 291 g/mol. The monoisotopic (exact) mass is 308 g/mol. The van der Waals surface area contributed by atoms with E-state index in [1.54, 1.807) is 19.2 Å². The fourth-order valence-electron chi connectivity index (χ4n) is 2.36. The SMILES string of the molecule is COc1ccccc1N(C)C(CN)c1cccc(Cl)c1F. The number of halogens is 2. The molecule has 2 aromatic rings. The Morgan fingerprint density at radius 3 is 2.62 bits per heavy atom. The van der Waals surface area contributed by atoms with E-state index in [9.17, 15) is 4.39 Å². The average Bonchev–Trinajstić information content (AvgIpc) is 2.51. The smallest absolute Gasteiger partial charge is 0.147 e. The molecule has 0 aliphatic carbocycles. The number of methoxy groups -OCH3 is 1. The predicted molar refractivity (Wildman–Crippen MR) is 84.6 cm³/mol. The topological polar surface area (TPSA) is 38.5 Å². The summed E-state index contributed by atoms with van der Waals surface area (Å²) in [5.41, 5.74) is 7.17. The highest BCUT2D eigenvalue weighted by Crippen LogP contribution is 2.34. The third-order valence-electron chi connectivity index (χ3n) is 3.50. The Morgan fingerprint density at radius 1 is 1.24 bits per heavy atom. The summed E-state index contributed by atoms with van der Waals surface area (Å²) >= 11 is 5.87. The van der Waals surface area contributed by atoms with Gasteiger partial charge in [0.05, 0.1) is 23.9 Å². The number of hydrogen-bond acceptors (Lipinski definition) is 3. The van der Waals surface area contributed by atoms with E-state index in [0.717, 1.165) is 5.69 Å². The van der Waals surface area contributed by atoms with Crippen LogP contribution in [-0.4, -0.2) is 20.7 Å². The highest BCUT2D eigenvalue weighted by atomic mass is 35.5. The van der Waals surface area contributed by atoms with E-state index in [1.165, 1.54) is 6.07 Å². The van der Waals surface area contributed by atoms with Gasteiger partial charge in [-0.3, -0.25) is 0 Å². The van der Waals surface area contributed by atoms with Crippen molar-refractivity contribution >= 4 is 17.3 Å². The minimum atomic E-state index is -0.434. The fraction of sp³-hybridized carbons (Fsp3) is 0.250. The summed E-state index contributed by atoms with van der Waals surface area (Å²) in [5.74, 6) is 0.275. The maximum Gasteiger partial charge on any atom is 0.147 e. The van der Waals surface area contributed by atoms with E-state index in [2.05, 4.69) is 0 Å². The van der Waals surface area contributed by atoms with Crippen LogP contribution < -0.4 is 15.4 Å². The molecule has 1 unspecified atom stereocenters. The minimum Gasteiger partial charge on any atom is -0.495 e. The fourth-order valence-corrected chi connectivity index (χ4v) is 2.54. The van der Waals surface area contributed by atoms with Gasteiger partial charge in [0.1, 0.15) is 11.6 Å². The largest absolute Gasteiger partial charge is 0.495 e. The zero-order valence-corrected chi connectivity index (χ0v) is 12.8. The molecule has 112 valence electrons. The number of anilines is 1. The van der Waals surface area contributed by atoms with Crippen LogP contribution in [0, 0.1) is 5.82 Å². The van der Waals surface area contributed by atoms with E-state index in [0.29, 0.717) is 11.3 Å². The molecule has 1 atom stereocenters. The second-order valence-corrected chi connectivity index (χ2v) is 5.08. The lowest BCUT2D eigenvalue weighted by Crippen LogP contribution is -2.31. The molecule has 0 aromatic heterocycles. The summed E-state index contributed by atoms with van der Waals surface area (Å²) in [6.07, 6.45) is 0. The molecule has 2 N–H and O–H groups in total. The van der Waals surface area contributed by atoms with E-state index in [1.807, 2.05) is 36.2 Å². The summed E-state index contributed by atoms with van der Waals surface area (Å²) in [7, 11) is 3.46. The van der Waals surface area contributed by atoms with Gasteiger partial charge in [0.2, 0.25) is 0 Å². The third kappa shape index (κ3) is 3.12. The zero-order valence-electron chi connectivity index (χ0n) is 12.0. The van der Waals surface area contributed by atoms with Crippen LogP contribution in [-0.2, 0) is 0 Å². The van der Waals surface area contributed by atoms with Crippen molar-refractivity contribution < 1.29 is 9.13 Å². The van der Waals surface area contributed by atoms with Crippen LogP contribution in [0.15, 0.2) is 42.5 Å². The van der Waals surface area contributed by atoms with Crippen LogP contribution >= 0.6 is 11.6 Å². The third-order valence-corrected chi connectivity index (χ3v) is 3.79. The standard InChI is InChI=1S/C16H18ClFN2O/c1-20(13-8-3-4-9-15(13)21-2)14(10-19)11-6-5-7-12(17)16(11)18/h3-9,14H,10,19H2,1-2H3. The van der Waals surface area contributed by atoms with Gasteiger partial charge in [-0.25, -0.2) is 4.39 Å². The van der Waals surface area contributed by atoms with Crippen molar-refractivity contribution in [1.29, 1.82) is 0 Å². The molecule has 2 rings (SSSR count). The molecule has 0 saturated carbocycles. The van der Waals surface area contributed by atoms with Crippen molar-refractivity contribution in [1.82, 2.24) is 0 Å². The van der Waals surface area contributed by atoms with Crippen molar-refractivity contribution in [3.8, 4) is 5.75 Å². The normalized spacial score (nSPS) is 12.0. The quantitative estimate of drug-likeness (QED) is 0.917. The van der Waals surface area contributed by atoms with Crippen LogP contribution in [0.2, 0.25) is 5.02 Å². The summed E-state index contributed by atoms with van der Waals surface area (Å²) in [4.78, 5) is 1.90. The molecule has 2 aromatic carbocycles. The highest BCUT2D eigenvalue weighted by Gasteiger charge is 2.22. The number of rotatable bonds is 5. The van der Waals surface area contributed by atoms with Crippen LogP contribution in [0.25, 0.3) is 0 Å². The van der Waals surface area contributed by atoms with Gasteiger partial charge < -0.3 is 15.4 Å². The number of ether oxygens (including phenoxy) is 1. The Morgan fingerprint density at radius 2 is 1.95 bits per heavy atom. The second-order valence-electron chi connectivity index (χ2n) is 4.68. The maximum atomic E-state index is 14.3. The van der Waals surface area contributed by atoms with Crippen LogP contribution in [0.5, 0.6) is 5.75 Å². The van der Waals surface area contributed by atoms with Gasteiger partial charge in [0, 0.05) is 19.2 Å². The van der Waals surface area contributed by atoms with Crippen LogP contribution in [0.4, 0.5) is 10.1 Å². The Hall–Kier alpha value is -1.78. The molecule has 0 fully saturated rings. The molecule has 0 spiro atoms. The zero-order chi connectivity index (χ0) is 15.4. The van der Waals surface area contributed by atoms with E-state index < -0.39 is 5.82 Å². The van der Waals surface area contributed by atoms with Crippen molar-refractivity contribution in [2.75, 3.05) is 25.6 Å². The Bertz CT molecular complexity index is 621. The lowest BCUT2D eigenvalue weighted by atomic mass is 10.0. The first-order chi connectivity index (χ1) is 10.1. The van der Waals surface area contributed by atoms with Crippen LogP contribution in [0.3, 0.4) is 0 Å². The molecule has 0 aliphatic heterocycles. The van der Waals surface area contributed by atoms with E-state index in [4.69, 9.17) is 22.1 Å². The molecule has 0 saturated heterocycles. The van der Waals surface area contributed by atoms with Crippen molar-refractivity contribution in [2.45, 2.75) is 6.04 Å². The van der Waals surface area contributed by atoms with E-state index >= 15 is 0 Å². The molecule has 5 heteroatoms. The number of likely N-dealkylation sites (N-methyl/N-ethyl adjacent to an activating group) is 1. The van der Waals surface area contributed by atoms with Crippen molar-refractivity contribution in [3.05, 3.63) is 58.9 Å². The van der Waals surface area contributed by atoms with E-state index in [-0.39, 0.29) is 17.6 Å². The molecular formula is C16H18ClFN2O. The number of hydrogen-bond donors (Lipinski definition) is 1. The molecule has 21 heavy (non-hydrogen) atoms. The summed E-state index contributed by atoms with van der Waals surface area (Å²) in [5, 5.41) is 0.0966. The summed E-state index contributed by atoms with van der Waals surface area (Å²) < 4.78 is 19.6. The molecule has 0 radical (unpaired) electrons. The molecule has 0 amide bonds. The van der Waals surface area contributed by atoms with Crippen molar-refractivity contribution in [2.24, 2.45) is 5.73 Å². The molecule has 3 nitrogen and oxygen atoms in total. The van der Waals surface area contributed by atoms with Gasteiger partial charge in [-0.05, 0) is 18.2 Å². The molecule has 0 bridgehead atoms. The Kier molecular flexibility index (Phi) is 5.04. The molecule has 0 aliphatic rings.